The lowest BCUT2D eigenvalue weighted by molar-refractivity contribution is -0.143. The lowest BCUT2D eigenvalue weighted by Gasteiger charge is -2.22. The molecule has 0 bridgehead atoms. The molecule has 0 fully saturated rings. The molecule has 2 rings (SSSR count). The van der Waals surface area contributed by atoms with Crippen LogP contribution in [0.2, 0.25) is 0 Å². The summed E-state index contributed by atoms with van der Waals surface area (Å²) in [7, 11) is 1.31. The van der Waals surface area contributed by atoms with Crippen LogP contribution < -0.4 is 5.32 Å². The molecule has 0 saturated carbocycles. The van der Waals surface area contributed by atoms with E-state index in [1.165, 1.54) is 7.11 Å². The fourth-order valence-electron chi connectivity index (χ4n) is 1.55. The monoisotopic (exact) mass is 209 g/mol. The van der Waals surface area contributed by atoms with Gasteiger partial charge in [-0.25, -0.2) is 4.68 Å². The predicted molar refractivity (Wildman–Crippen MR) is 51.0 cm³/mol. The normalized spacial score (nSPS) is 19.3. The minimum Gasteiger partial charge on any atom is -0.469 e. The van der Waals surface area contributed by atoms with Gasteiger partial charge in [-0.05, 0) is 0 Å². The second-order valence-electron chi connectivity index (χ2n) is 3.36. The molecule has 1 aliphatic rings. The number of anilines is 1. The number of hydrogen-bond acceptors (Lipinski definition) is 4. The molecule has 0 aliphatic carbocycles. The zero-order chi connectivity index (χ0) is 10.8. The van der Waals surface area contributed by atoms with Gasteiger partial charge in [0.2, 0.25) is 5.91 Å². The number of nitrogens with zero attached hydrogens (tertiary/aromatic N) is 2. The van der Waals surface area contributed by atoms with Gasteiger partial charge in [0.1, 0.15) is 5.82 Å². The Labute approximate surface area is 86.2 Å². The van der Waals surface area contributed by atoms with Crippen molar-refractivity contribution in [3.63, 3.8) is 0 Å². The number of aromatic nitrogens is 2. The summed E-state index contributed by atoms with van der Waals surface area (Å²) in [6.45, 7) is 0.420. The van der Waals surface area contributed by atoms with Gasteiger partial charge in [-0.3, -0.25) is 9.59 Å². The van der Waals surface area contributed by atoms with E-state index in [9.17, 15) is 9.59 Å². The van der Waals surface area contributed by atoms with Crippen molar-refractivity contribution in [3.8, 4) is 0 Å². The van der Waals surface area contributed by atoms with Crippen LogP contribution in [-0.2, 0) is 20.9 Å². The maximum Gasteiger partial charge on any atom is 0.306 e. The molecule has 0 aromatic carbocycles. The number of esters is 1. The SMILES string of the molecule is COC(=O)CC1Cn2nccc2NC1=O. The number of fused-ring (bicyclic) bond motifs is 1. The Bertz CT molecular complexity index is 399. The third-order valence-corrected chi connectivity index (χ3v) is 2.37. The number of carbonyl (C=O) groups is 2. The topological polar surface area (TPSA) is 73.2 Å². The van der Waals surface area contributed by atoms with Crippen molar-refractivity contribution in [1.29, 1.82) is 0 Å². The Morgan fingerprint density at radius 3 is 3.33 bits per heavy atom. The summed E-state index contributed by atoms with van der Waals surface area (Å²) in [4.78, 5) is 22.6. The molecule has 0 radical (unpaired) electrons. The van der Waals surface area contributed by atoms with Gasteiger partial charge in [0.05, 0.1) is 32.2 Å². The van der Waals surface area contributed by atoms with Crippen LogP contribution in [0, 0.1) is 5.92 Å². The van der Waals surface area contributed by atoms with Crippen molar-refractivity contribution in [2.75, 3.05) is 12.4 Å². The Kier molecular flexibility index (Phi) is 2.40. The van der Waals surface area contributed by atoms with E-state index in [0.29, 0.717) is 12.4 Å². The highest BCUT2D eigenvalue weighted by atomic mass is 16.5. The van der Waals surface area contributed by atoms with Crippen molar-refractivity contribution in [2.45, 2.75) is 13.0 Å². The molecule has 6 heteroatoms. The second kappa shape index (κ2) is 3.72. The van der Waals surface area contributed by atoms with E-state index < -0.39 is 5.92 Å². The lowest BCUT2D eigenvalue weighted by Crippen LogP contribution is -2.35. The van der Waals surface area contributed by atoms with E-state index in [1.54, 1.807) is 16.9 Å². The molecule has 6 nitrogen and oxygen atoms in total. The summed E-state index contributed by atoms with van der Waals surface area (Å²) in [5.41, 5.74) is 0. The van der Waals surface area contributed by atoms with Crippen LogP contribution >= 0.6 is 0 Å². The first-order valence-corrected chi connectivity index (χ1v) is 4.60. The van der Waals surface area contributed by atoms with Crippen molar-refractivity contribution in [1.82, 2.24) is 9.78 Å². The first-order valence-electron chi connectivity index (χ1n) is 4.60. The maximum absolute atomic E-state index is 11.5. The van der Waals surface area contributed by atoms with Crippen LogP contribution in [0.1, 0.15) is 6.42 Å². The Hall–Kier alpha value is -1.85. The van der Waals surface area contributed by atoms with Crippen molar-refractivity contribution in [2.24, 2.45) is 5.92 Å². The molecule has 1 aromatic heterocycles. The van der Waals surface area contributed by atoms with Gasteiger partial charge in [-0.15, -0.1) is 0 Å². The molecule has 1 aromatic rings. The number of ether oxygens (including phenoxy) is 1. The first kappa shape index (κ1) is 9.70. The van der Waals surface area contributed by atoms with E-state index >= 15 is 0 Å². The van der Waals surface area contributed by atoms with E-state index in [1.807, 2.05) is 0 Å². The number of nitrogens with one attached hydrogen (secondary N) is 1. The fraction of sp³-hybridized carbons (Fsp3) is 0.444. The van der Waals surface area contributed by atoms with Crippen molar-refractivity contribution >= 4 is 17.7 Å². The molecular weight excluding hydrogens is 198 g/mol. The van der Waals surface area contributed by atoms with Crippen LogP contribution in [0.3, 0.4) is 0 Å². The smallest absolute Gasteiger partial charge is 0.306 e. The highest BCUT2D eigenvalue weighted by molar-refractivity contribution is 5.94. The summed E-state index contributed by atoms with van der Waals surface area (Å²) in [5.74, 6) is -0.273. The van der Waals surface area contributed by atoms with E-state index in [2.05, 4.69) is 15.2 Å². The minimum absolute atomic E-state index is 0.0850. The van der Waals surface area contributed by atoms with Gasteiger partial charge in [0.25, 0.3) is 0 Å². The molecule has 1 N–H and O–H groups in total. The van der Waals surface area contributed by atoms with Crippen LogP contribution in [0.15, 0.2) is 12.3 Å². The molecule has 1 atom stereocenters. The molecule has 2 heterocycles. The zero-order valence-corrected chi connectivity index (χ0v) is 8.27. The summed E-state index contributed by atoms with van der Waals surface area (Å²) >= 11 is 0. The number of rotatable bonds is 2. The predicted octanol–water partition coefficient (Wildman–Crippen LogP) is 0.0145. The number of hydrogen-bond donors (Lipinski definition) is 1. The van der Waals surface area contributed by atoms with Crippen molar-refractivity contribution in [3.05, 3.63) is 12.3 Å². The number of carbonyl (C=O) groups excluding carboxylic acids is 2. The number of methoxy groups -OCH3 is 1. The fourth-order valence-corrected chi connectivity index (χ4v) is 1.55. The molecule has 1 aliphatic heterocycles. The van der Waals surface area contributed by atoms with Gasteiger partial charge >= 0.3 is 5.97 Å². The zero-order valence-electron chi connectivity index (χ0n) is 8.27. The largest absolute Gasteiger partial charge is 0.469 e. The molecule has 0 spiro atoms. The average Bonchev–Trinajstić information content (AvgIpc) is 2.65. The van der Waals surface area contributed by atoms with Gasteiger partial charge in [0.15, 0.2) is 0 Å². The Balaban J connectivity index is 2.10. The highest BCUT2D eigenvalue weighted by Gasteiger charge is 2.28. The van der Waals surface area contributed by atoms with Gasteiger partial charge in [-0.1, -0.05) is 0 Å². The van der Waals surface area contributed by atoms with Crippen molar-refractivity contribution < 1.29 is 14.3 Å². The third-order valence-electron chi connectivity index (χ3n) is 2.37. The van der Waals surface area contributed by atoms with Gasteiger partial charge < -0.3 is 10.1 Å². The van der Waals surface area contributed by atoms with E-state index in [4.69, 9.17) is 0 Å². The van der Waals surface area contributed by atoms with E-state index in [-0.39, 0.29) is 18.3 Å². The summed E-state index contributed by atoms with van der Waals surface area (Å²) in [5, 5.41) is 6.70. The third kappa shape index (κ3) is 1.83. The molecular formula is C9H11N3O3. The van der Waals surface area contributed by atoms with Crippen LogP contribution in [0.4, 0.5) is 5.82 Å². The Morgan fingerprint density at radius 2 is 2.60 bits per heavy atom. The van der Waals surface area contributed by atoms with Gasteiger partial charge in [-0.2, -0.15) is 5.10 Å². The maximum atomic E-state index is 11.5. The molecule has 1 amide bonds. The summed E-state index contributed by atoms with van der Waals surface area (Å²) in [6, 6.07) is 1.71. The lowest BCUT2D eigenvalue weighted by atomic mass is 10.0. The molecule has 80 valence electrons. The van der Waals surface area contributed by atoms with E-state index in [0.717, 1.165) is 0 Å². The minimum atomic E-state index is -0.398. The summed E-state index contributed by atoms with van der Waals surface area (Å²) in [6.07, 6.45) is 1.69. The highest BCUT2D eigenvalue weighted by Crippen LogP contribution is 2.19. The quantitative estimate of drug-likeness (QED) is 0.696. The van der Waals surface area contributed by atoms with Crippen LogP contribution in [-0.4, -0.2) is 28.8 Å². The standard InChI is InChI=1S/C9H11N3O3/c1-15-8(13)4-6-5-12-7(2-3-10-12)11-9(6)14/h2-3,6H,4-5H2,1H3,(H,11,14). The average molecular weight is 209 g/mol. The Morgan fingerprint density at radius 1 is 1.80 bits per heavy atom. The second-order valence-corrected chi connectivity index (χ2v) is 3.36. The first-order chi connectivity index (χ1) is 7.20. The number of amides is 1. The molecule has 15 heavy (non-hydrogen) atoms. The molecule has 1 unspecified atom stereocenters. The van der Waals surface area contributed by atoms with Crippen LogP contribution in [0.5, 0.6) is 0 Å². The van der Waals surface area contributed by atoms with Gasteiger partial charge in [0, 0.05) is 6.07 Å². The van der Waals surface area contributed by atoms with Crippen LogP contribution in [0.25, 0.3) is 0 Å². The molecule has 0 saturated heterocycles. The summed E-state index contributed by atoms with van der Waals surface area (Å²) < 4.78 is 6.18.